The second-order valence-corrected chi connectivity index (χ2v) is 5.84. The van der Waals surface area contributed by atoms with E-state index in [0.717, 1.165) is 25.9 Å². The van der Waals surface area contributed by atoms with Gasteiger partial charge in [-0.1, -0.05) is 38.1 Å². The van der Waals surface area contributed by atoms with Gasteiger partial charge in [-0.05, 0) is 29.4 Å². The van der Waals surface area contributed by atoms with Crippen molar-refractivity contribution < 1.29 is 9.84 Å². The predicted octanol–water partition coefficient (Wildman–Crippen LogP) is 2.72. The van der Waals surface area contributed by atoms with Crippen molar-refractivity contribution in [3.8, 4) is 0 Å². The van der Waals surface area contributed by atoms with E-state index in [9.17, 15) is 0 Å². The lowest BCUT2D eigenvalue weighted by molar-refractivity contribution is 0.185. The molecule has 0 atom stereocenters. The summed E-state index contributed by atoms with van der Waals surface area (Å²) in [6, 6.07) is 8.50. The van der Waals surface area contributed by atoms with Gasteiger partial charge in [-0.25, -0.2) is 0 Å². The molecule has 0 aromatic heterocycles. The van der Waals surface area contributed by atoms with E-state index in [1.807, 2.05) is 0 Å². The van der Waals surface area contributed by atoms with Crippen molar-refractivity contribution in [2.45, 2.75) is 39.8 Å². The summed E-state index contributed by atoms with van der Waals surface area (Å²) in [4.78, 5) is 0. The number of aliphatic hydroxyl groups excluding tert-OH is 1. The zero-order chi connectivity index (χ0) is 14.1. The van der Waals surface area contributed by atoms with E-state index in [4.69, 9.17) is 9.84 Å². The Labute approximate surface area is 117 Å². The molecule has 0 saturated carbocycles. The normalized spacial score (nSPS) is 11.8. The van der Waals surface area contributed by atoms with Crippen LogP contribution in [0.3, 0.4) is 0 Å². The molecule has 0 spiro atoms. The minimum absolute atomic E-state index is 0.235. The van der Waals surface area contributed by atoms with Crippen LogP contribution >= 0.6 is 0 Å². The van der Waals surface area contributed by atoms with E-state index in [2.05, 4.69) is 43.4 Å². The minimum Gasteiger partial charge on any atom is -0.396 e. The molecule has 0 bridgehead atoms. The zero-order valence-electron chi connectivity index (χ0n) is 12.4. The third-order valence-electron chi connectivity index (χ3n) is 3.28. The molecule has 3 heteroatoms. The van der Waals surface area contributed by atoms with E-state index < -0.39 is 0 Å². The van der Waals surface area contributed by atoms with Gasteiger partial charge in [0.25, 0.3) is 0 Å². The van der Waals surface area contributed by atoms with E-state index in [0.29, 0.717) is 6.61 Å². The molecule has 1 rings (SSSR count). The molecule has 0 fully saturated rings. The lowest BCUT2D eigenvalue weighted by Crippen LogP contribution is -2.29. The van der Waals surface area contributed by atoms with Crippen LogP contribution in [0.25, 0.3) is 0 Å². The van der Waals surface area contributed by atoms with Crippen molar-refractivity contribution in [1.29, 1.82) is 0 Å². The van der Waals surface area contributed by atoms with Gasteiger partial charge in [-0.3, -0.25) is 0 Å². The number of hydrogen-bond acceptors (Lipinski definition) is 3. The Morgan fingerprint density at radius 2 is 1.79 bits per heavy atom. The van der Waals surface area contributed by atoms with Gasteiger partial charge >= 0.3 is 0 Å². The fourth-order valence-electron chi connectivity index (χ4n) is 2.11. The van der Waals surface area contributed by atoms with Gasteiger partial charge in [-0.15, -0.1) is 0 Å². The Kier molecular flexibility index (Phi) is 7.06. The summed E-state index contributed by atoms with van der Waals surface area (Å²) in [6.45, 7) is 7.27. The molecule has 0 radical (unpaired) electrons. The van der Waals surface area contributed by atoms with Crippen molar-refractivity contribution in [3.63, 3.8) is 0 Å². The molecule has 1 aromatic rings. The highest BCUT2D eigenvalue weighted by molar-refractivity contribution is 5.21. The number of hydrogen-bond donors (Lipinski definition) is 2. The van der Waals surface area contributed by atoms with E-state index >= 15 is 0 Å². The molecular formula is C16H27NO2. The molecule has 19 heavy (non-hydrogen) atoms. The van der Waals surface area contributed by atoms with Gasteiger partial charge in [0, 0.05) is 26.8 Å². The average Bonchev–Trinajstić information content (AvgIpc) is 2.39. The maximum absolute atomic E-state index is 8.87. The van der Waals surface area contributed by atoms with Gasteiger partial charge in [0.2, 0.25) is 0 Å². The minimum atomic E-state index is 0.235. The van der Waals surface area contributed by atoms with Crippen LogP contribution in [0.1, 0.15) is 37.8 Å². The third-order valence-corrected chi connectivity index (χ3v) is 3.28. The number of rotatable bonds is 9. The van der Waals surface area contributed by atoms with Gasteiger partial charge in [0.15, 0.2) is 0 Å². The lowest BCUT2D eigenvalue weighted by atomic mass is 9.88. The average molecular weight is 265 g/mol. The number of methoxy groups -OCH3 is 1. The van der Waals surface area contributed by atoms with Crippen molar-refractivity contribution in [3.05, 3.63) is 35.4 Å². The monoisotopic (exact) mass is 265 g/mol. The lowest BCUT2D eigenvalue weighted by Gasteiger charge is -2.24. The van der Waals surface area contributed by atoms with Crippen molar-refractivity contribution in [2.75, 3.05) is 20.3 Å². The molecule has 0 amide bonds. The largest absolute Gasteiger partial charge is 0.396 e. The molecule has 108 valence electrons. The first kappa shape index (κ1) is 16.2. The molecule has 1 aromatic carbocycles. The van der Waals surface area contributed by atoms with Crippen LogP contribution in [-0.2, 0) is 17.9 Å². The smallest absolute Gasteiger partial charge is 0.0713 e. The second-order valence-electron chi connectivity index (χ2n) is 5.84. The van der Waals surface area contributed by atoms with Crippen LogP contribution in [0.4, 0.5) is 0 Å². The first-order chi connectivity index (χ1) is 9.07. The van der Waals surface area contributed by atoms with Crippen molar-refractivity contribution >= 4 is 0 Å². The maximum Gasteiger partial charge on any atom is 0.0713 e. The van der Waals surface area contributed by atoms with Crippen LogP contribution in [0.15, 0.2) is 24.3 Å². The Hall–Kier alpha value is -0.900. The molecule has 0 aliphatic heterocycles. The summed E-state index contributed by atoms with van der Waals surface area (Å²) < 4.78 is 5.10. The van der Waals surface area contributed by atoms with Crippen LogP contribution < -0.4 is 5.32 Å². The first-order valence-electron chi connectivity index (χ1n) is 6.96. The van der Waals surface area contributed by atoms with Gasteiger partial charge in [0.1, 0.15) is 0 Å². The number of aliphatic hydroxyl groups is 1. The van der Waals surface area contributed by atoms with E-state index in [1.165, 1.54) is 11.1 Å². The van der Waals surface area contributed by atoms with E-state index in [1.54, 1.807) is 7.11 Å². The third kappa shape index (κ3) is 6.71. The summed E-state index contributed by atoms with van der Waals surface area (Å²) in [5, 5.41) is 12.4. The summed E-state index contributed by atoms with van der Waals surface area (Å²) in [5.41, 5.74) is 2.73. The van der Waals surface area contributed by atoms with Gasteiger partial charge < -0.3 is 15.2 Å². The molecule has 0 aliphatic carbocycles. The van der Waals surface area contributed by atoms with Crippen molar-refractivity contribution in [1.82, 2.24) is 5.32 Å². The van der Waals surface area contributed by atoms with Crippen molar-refractivity contribution in [2.24, 2.45) is 5.41 Å². The molecule has 0 saturated heterocycles. The highest BCUT2D eigenvalue weighted by Crippen LogP contribution is 2.20. The van der Waals surface area contributed by atoms with Crippen LogP contribution in [0.5, 0.6) is 0 Å². The van der Waals surface area contributed by atoms with Gasteiger partial charge in [-0.2, -0.15) is 0 Å². The Morgan fingerprint density at radius 1 is 1.16 bits per heavy atom. The Morgan fingerprint density at radius 3 is 2.37 bits per heavy atom. The van der Waals surface area contributed by atoms with Crippen LogP contribution in [-0.4, -0.2) is 25.4 Å². The molecule has 0 heterocycles. The second kappa shape index (κ2) is 8.31. The predicted molar refractivity (Wildman–Crippen MR) is 79.0 cm³/mol. The number of benzene rings is 1. The molecular weight excluding hydrogens is 238 g/mol. The Balaban J connectivity index is 2.32. The van der Waals surface area contributed by atoms with E-state index in [-0.39, 0.29) is 12.0 Å². The maximum atomic E-state index is 8.87. The standard InChI is InChI=1S/C16H27NO2/c1-16(2,9-4-10-18)13-17-11-14-5-7-15(8-6-14)12-19-3/h5-8,17-18H,4,9-13H2,1-3H3. The number of nitrogens with one attached hydrogen (secondary N) is 1. The molecule has 2 N–H and O–H groups in total. The summed E-state index contributed by atoms with van der Waals surface area (Å²) in [6.07, 6.45) is 1.92. The quantitative estimate of drug-likeness (QED) is 0.721. The summed E-state index contributed by atoms with van der Waals surface area (Å²) >= 11 is 0. The Bertz CT molecular complexity index is 346. The topological polar surface area (TPSA) is 41.5 Å². The van der Waals surface area contributed by atoms with Crippen LogP contribution in [0, 0.1) is 5.41 Å². The first-order valence-corrected chi connectivity index (χ1v) is 6.96. The van der Waals surface area contributed by atoms with Crippen LogP contribution in [0.2, 0.25) is 0 Å². The molecule has 0 aliphatic rings. The highest BCUT2D eigenvalue weighted by Gasteiger charge is 2.16. The zero-order valence-corrected chi connectivity index (χ0v) is 12.4. The summed E-state index contributed by atoms with van der Waals surface area (Å²) in [5.74, 6) is 0. The number of ether oxygens (including phenoxy) is 1. The van der Waals surface area contributed by atoms with Gasteiger partial charge in [0.05, 0.1) is 6.61 Å². The summed E-state index contributed by atoms with van der Waals surface area (Å²) in [7, 11) is 1.71. The molecule has 0 unspecified atom stereocenters. The fraction of sp³-hybridized carbons (Fsp3) is 0.625. The molecule has 3 nitrogen and oxygen atoms in total. The highest BCUT2D eigenvalue weighted by atomic mass is 16.5. The fourth-order valence-corrected chi connectivity index (χ4v) is 2.11. The SMILES string of the molecule is COCc1ccc(CNCC(C)(C)CCCO)cc1.